The van der Waals surface area contributed by atoms with Crippen LogP contribution in [-0.4, -0.2) is 14.4 Å². The van der Waals surface area contributed by atoms with Gasteiger partial charge in [0.25, 0.3) is 0 Å². The first kappa shape index (κ1) is 15.3. The van der Waals surface area contributed by atoms with Crippen molar-refractivity contribution in [3.05, 3.63) is 76.5 Å². The van der Waals surface area contributed by atoms with Crippen molar-refractivity contribution < 1.29 is 0 Å². The molecule has 0 N–H and O–H groups in total. The van der Waals surface area contributed by atoms with Crippen LogP contribution in [0.5, 0.6) is 0 Å². The molecule has 0 bridgehead atoms. The SMILES string of the molecule is Cc1csc(C(C#N)=Cc2c(-c3ccccc3)nc3ccccn23)n1. The highest BCUT2D eigenvalue weighted by Gasteiger charge is 2.14. The molecule has 0 amide bonds. The summed E-state index contributed by atoms with van der Waals surface area (Å²) < 4.78 is 2.00. The highest BCUT2D eigenvalue weighted by Crippen LogP contribution is 2.29. The fourth-order valence-electron chi connectivity index (χ4n) is 2.72. The summed E-state index contributed by atoms with van der Waals surface area (Å²) in [5.41, 5.74) is 5.06. The Labute approximate surface area is 149 Å². The molecular formula is C20H14N4S. The minimum Gasteiger partial charge on any atom is -0.300 e. The van der Waals surface area contributed by atoms with Gasteiger partial charge in [0.05, 0.1) is 17.0 Å². The summed E-state index contributed by atoms with van der Waals surface area (Å²) >= 11 is 1.48. The average molecular weight is 342 g/mol. The number of nitriles is 1. The van der Waals surface area contributed by atoms with Crippen molar-refractivity contribution in [2.45, 2.75) is 6.92 Å². The molecule has 0 spiro atoms. The molecule has 120 valence electrons. The summed E-state index contributed by atoms with van der Waals surface area (Å²) in [5, 5.41) is 12.3. The lowest BCUT2D eigenvalue weighted by Crippen LogP contribution is -1.89. The number of pyridine rings is 1. The molecule has 4 aromatic rings. The highest BCUT2D eigenvalue weighted by molar-refractivity contribution is 7.11. The largest absolute Gasteiger partial charge is 0.300 e. The molecule has 25 heavy (non-hydrogen) atoms. The van der Waals surface area contributed by atoms with Gasteiger partial charge in [0, 0.05) is 22.8 Å². The van der Waals surface area contributed by atoms with Crippen molar-refractivity contribution in [1.29, 1.82) is 5.26 Å². The number of benzene rings is 1. The van der Waals surface area contributed by atoms with Crippen molar-refractivity contribution >= 4 is 28.6 Å². The van der Waals surface area contributed by atoms with Crippen LogP contribution in [0.2, 0.25) is 0 Å². The first-order chi connectivity index (χ1) is 12.3. The zero-order chi connectivity index (χ0) is 17.2. The molecule has 3 aromatic heterocycles. The number of allylic oxidation sites excluding steroid dienone is 1. The molecule has 4 rings (SSSR count). The van der Waals surface area contributed by atoms with Crippen LogP contribution in [0.25, 0.3) is 28.6 Å². The van der Waals surface area contributed by atoms with E-state index < -0.39 is 0 Å². The number of imidazole rings is 1. The summed E-state index contributed by atoms with van der Waals surface area (Å²) in [4.78, 5) is 9.20. The van der Waals surface area contributed by atoms with E-state index in [2.05, 4.69) is 11.1 Å². The number of nitrogens with zero attached hydrogens (tertiary/aromatic N) is 4. The molecule has 0 atom stereocenters. The van der Waals surface area contributed by atoms with Gasteiger partial charge in [-0.1, -0.05) is 36.4 Å². The average Bonchev–Trinajstić information content (AvgIpc) is 3.24. The molecule has 0 unspecified atom stereocenters. The van der Waals surface area contributed by atoms with E-state index in [1.54, 1.807) is 0 Å². The quantitative estimate of drug-likeness (QED) is 0.501. The van der Waals surface area contributed by atoms with Gasteiger partial charge in [-0.3, -0.25) is 4.40 Å². The number of aromatic nitrogens is 3. The van der Waals surface area contributed by atoms with Gasteiger partial charge in [-0.05, 0) is 25.1 Å². The highest BCUT2D eigenvalue weighted by atomic mass is 32.1. The molecule has 4 nitrogen and oxygen atoms in total. The van der Waals surface area contributed by atoms with Gasteiger partial charge in [-0.25, -0.2) is 9.97 Å². The molecule has 0 saturated carbocycles. The van der Waals surface area contributed by atoms with E-state index in [1.165, 1.54) is 11.3 Å². The fourth-order valence-corrected chi connectivity index (χ4v) is 3.48. The normalized spacial score (nSPS) is 11.6. The topological polar surface area (TPSA) is 54.0 Å². The summed E-state index contributed by atoms with van der Waals surface area (Å²) in [6, 6.07) is 18.2. The summed E-state index contributed by atoms with van der Waals surface area (Å²) in [5.74, 6) is 0. The molecule has 1 aromatic carbocycles. The minimum absolute atomic E-state index is 0.543. The van der Waals surface area contributed by atoms with Crippen molar-refractivity contribution in [2.75, 3.05) is 0 Å². The van der Waals surface area contributed by atoms with Crippen LogP contribution in [0, 0.1) is 18.3 Å². The van der Waals surface area contributed by atoms with Crippen LogP contribution in [0.4, 0.5) is 0 Å². The predicted octanol–water partition coefficient (Wildman–Crippen LogP) is 4.83. The van der Waals surface area contributed by atoms with Gasteiger partial charge >= 0.3 is 0 Å². The van der Waals surface area contributed by atoms with Crippen molar-refractivity contribution in [1.82, 2.24) is 14.4 Å². The third-order valence-electron chi connectivity index (χ3n) is 3.87. The number of aryl methyl sites for hydroxylation is 1. The molecule has 0 fully saturated rings. The van der Waals surface area contributed by atoms with Gasteiger partial charge in [0.1, 0.15) is 16.7 Å². The van der Waals surface area contributed by atoms with Crippen LogP contribution in [0.1, 0.15) is 16.4 Å². The Morgan fingerprint density at radius 1 is 1.12 bits per heavy atom. The van der Waals surface area contributed by atoms with Crippen molar-refractivity contribution in [3.63, 3.8) is 0 Å². The van der Waals surface area contributed by atoms with E-state index in [4.69, 9.17) is 4.98 Å². The lowest BCUT2D eigenvalue weighted by molar-refractivity contribution is 1.17. The number of hydrogen-bond donors (Lipinski definition) is 0. The summed E-state index contributed by atoms with van der Waals surface area (Å²) in [6.07, 6.45) is 3.84. The molecule has 5 heteroatoms. The lowest BCUT2D eigenvalue weighted by Gasteiger charge is -2.01. The maximum Gasteiger partial charge on any atom is 0.137 e. The van der Waals surface area contributed by atoms with Crippen molar-refractivity contribution in [3.8, 4) is 17.3 Å². The molecule has 3 heterocycles. The third-order valence-corrected chi connectivity index (χ3v) is 4.86. The number of rotatable bonds is 3. The van der Waals surface area contributed by atoms with Crippen LogP contribution >= 0.6 is 11.3 Å². The number of fused-ring (bicyclic) bond motifs is 1. The van der Waals surface area contributed by atoms with Gasteiger partial charge in [0.2, 0.25) is 0 Å². The van der Waals surface area contributed by atoms with Crippen LogP contribution in [-0.2, 0) is 0 Å². The van der Waals surface area contributed by atoms with E-state index >= 15 is 0 Å². The van der Waals surface area contributed by atoms with E-state index in [1.807, 2.05) is 77.5 Å². The van der Waals surface area contributed by atoms with Crippen LogP contribution < -0.4 is 0 Å². The smallest absolute Gasteiger partial charge is 0.137 e. The zero-order valence-electron chi connectivity index (χ0n) is 13.5. The second kappa shape index (κ2) is 6.34. The molecular weight excluding hydrogens is 328 g/mol. The Morgan fingerprint density at radius 2 is 1.92 bits per heavy atom. The molecule has 0 aliphatic rings. The van der Waals surface area contributed by atoms with Crippen molar-refractivity contribution in [2.24, 2.45) is 0 Å². The van der Waals surface area contributed by atoms with Gasteiger partial charge in [-0.2, -0.15) is 5.26 Å². The van der Waals surface area contributed by atoms with E-state index in [-0.39, 0.29) is 0 Å². The van der Waals surface area contributed by atoms with Gasteiger partial charge in [0.15, 0.2) is 0 Å². The molecule has 0 aliphatic carbocycles. The van der Waals surface area contributed by atoms with E-state index in [9.17, 15) is 5.26 Å². The Morgan fingerprint density at radius 3 is 2.64 bits per heavy atom. The van der Waals surface area contributed by atoms with Crippen LogP contribution in [0.3, 0.4) is 0 Å². The molecule has 0 saturated heterocycles. The molecule has 0 aliphatic heterocycles. The summed E-state index contributed by atoms with van der Waals surface area (Å²) in [6.45, 7) is 1.93. The van der Waals surface area contributed by atoms with E-state index in [0.717, 1.165) is 33.3 Å². The van der Waals surface area contributed by atoms with Gasteiger partial charge < -0.3 is 0 Å². The number of thiazole rings is 1. The first-order valence-corrected chi connectivity index (χ1v) is 8.71. The summed E-state index contributed by atoms with van der Waals surface area (Å²) in [7, 11) is 0. The lowest BCUT2D eigenvalue weighted by atomic mass is 10.1. The second-order valence-corrected chi connectivity index (χ2v) is 6.46. The van der Waals surface area contributed by atoms with Gasteiger partial charge in [-0.15, -0.1) is 11.3 Å². The Kier molecular flexibility index (Phi) is 3.88. The maximum absolute atomic E-state index is 9.64. The third kappa shape index (κ3) is 2.84. The standard InChI is InChI=1S/C20H14N4S/c1-14-13-25-20(22-14)16(12-21)11-17-19(15-7-3-2-4-8-15)23-18-9-5-6-10-24(17)18/h2-11,13H,1H3. The van der Waals surface area contributed by atoms with Crippen LogP contribution in [0.15, 0.2) is 60.1 Å². The zero-order valence-corrected chi connectivity index (χ0v) is 14.4. The first-order valence-electron chi connectivity index (χ1n) is 7.83. The Balaban J connectivity index is 1.97. The Hall–Kier alpha value is -3.23. The Bertz CT molecular complexity index is 1110. The monoisotopic (exact) mass is 342 g/mol. The van der Waals surface area contributed by atoms with E-state index in [0.29, 0.717) is 5.57 Å². The molecule has 0 radical (unpaired) electrons. The fraction of sp³-hybridized carbons (Fsp3) is 0.0500. The number of hydrogen-bond acceptors (Lipinski definition) is 4. The second-order valence-electron chi connectivity index (χ2n) is 5.60. The minimum atomic E-state index is 0.543. The predicted molar refractivity (Wildman–Crippen MR) is 101 cm³/mol. The maximum atomic E-state index is 9.64.